The summed E-state index contributed by atoms with van der Waals surface area (Å²) in [7, 11) is 0. The van der Waals surface area contributed by atoms with Gasteiger partial charge in [0.05, 0.1) is 0 Å². The third-order valence-corrected chi connectivity index (χ3v) is 3.58. The van der Waals surface area contributed by atoms with E-state index in [0.29, 0.717) is 16.6 Å². The van der Waals surface area contributed by atoms with Gasteiger partial charge in [-0.15, -0.1) is 0 Å². The minimum absolute atomic E-state index is 0.275. The number of amides is 1. The zero-order valence-corrected chi connectivity index (χ0v) is 11.8. The molecule has 1 aromatic heterocycles. The average Bonchev–Trinajstić information content (AvgIpc) is 2.88. The van der Waals surface area contributed by atoms with Crippen molar-refractivity contribution in [1.82, 2.24) is 4.98 Å². The molecule has 1 heterocycles. The molecule has 106 valence electrons. The number of carbonyl (C=O) groups is 1. The highest BCUT2D eigenvalue weighted by molar-refractivity contribution is 6.06. The van der Waals surface area contributed by atoms with Crippen LogP contribution >= 0.6 is 0 Å². The molecule has 2 N–H and O–H groups in total. The molecule has 21 heavy (non-hydrogen) atoms. The van der Waals surface area contributed by atoms with Crippen molar-refractivity contribution >= 4 is 22.5 Å². The molecule has 0 aliphatic carbocycles. The van der Waals surface area contributed by atoms with Crippen molar-refractivity contribution in [3.63, 3.8) is 0 Å². The molecule has 1 amide bonds. The third kappa shape index (κ3) is 2.40. The van der Waals surface area contributed by atoms with Crippen LogP contribution in [-0.2, 0) is 0 Å². The third-order valence-electron chi connectivity index (χ3n) is 3.58. The van der Waals surface area contributed by atoms with Crippen LogP contribution in [0.4, 0.5) is 10.1 Å². The number of nitrogens with one attached hydrogen (secondary N) is 2. The molecule has 2 aromatic carbocycles. The van der Waals surface area contributed by atoms with Gasteiger partial charge in [-0.05, 0) is 43.2 Å². The topological polar surface area (TPSA) is 44.9 Å². The molecule has 0 fully saturated rings. The Bertz CT molecular complexity index is 816. The van der Waals surface area contributed by atoms with Crippen LogP contribution < -0.4 is 5.32 Å². The highest BCUT2D eigenvalue weighted by Gasteiger charge is 2.13. The Morgan fingerprint density at radius 3 is 2.43 bits per heavy atom. The number of H-pyrrole nitrogens is 1. The fourth-order valence-electron chi connectivity index (χ4n) is 2.43. The maximum Gasteiger partial charge on any atom is 0.272 e. The molecule has 0 saturated heterocycles. The number of anilines is 1. The standard InChI is InChI=1S/C17H15FN2O/c1-10-5-3-6-11(2)16(10)20-17(21)15-9-12-13(18)7-4-8-14(12)19-15/h3-9,19H,1-2H3,(H,20,21). The van der Waals surface area contributed by atoms with Crippen molar-refractivity contribution in [2.24, 2.45) is 0 Å². The molecule has 3 aromatic rings. The van der Waals surface area contributed by atoms with E-state index in [0.717, 1.165) is 16.8 Å². The number of para-hydroxylation sites is 1. The maximum atomic E-state index is 13.7. The Balaban J connectivity index is 1.96. The van der Waals surface area contributed by atoms with Gasteiger partial charge in [-0.2, -0.15) is 0 Å². The molecule has 0 bridgehead atoms. The number of aryl methyl sites for hydroxylation is 2. The minimum atomic E-state index is -0.338. The van der Waals surface area contributed by atoms with E-state index in [1.165, 1.54) is 12.1 Å². The number of fused-ring (bicyclic) bond motifs is 1. The fourth-order valence-corrected chi connectivity index (χ4v) is 2.43. The van der Waals surface area contributed by atoms with Gasteiger partial charge < -0.3 is 10.3 Å². The molecule has 0 spiro atoms. The summed E-state index contributed by atoms with van der Waals surface area (Å²) in [6.45, 7) is 3.88. The minimum Gasteiger partial charge on any atom is -0.350 e. The molecule has 0 aliphatic heterocycles. The average molecular weight is 282 g/mol. The maximum absolute atomic E-state index is 13.7. The SMILES string of the molecule is Cc1cccc(C)c1NC(=O)c1cc2c(F)cccc2[nH]1. The lowest BCUT2D eigenvalue weighted by Gasteiger charge is -2.10. The number of hydrogen-bond acceptors (Lipinski definition) is 1. The summed E-state index contributed by atoms with van der Waals surface area (Å²) in [5.41, 5.74) is 3.73. The molecule has 0 atom stereocenters. The molecule has 0 aliphatic rings. The lowest BCUT2D eigenvalue weighted by atomic mass is 10.1. The van der Waals surface area contributed by atoms with Gasteiger partial charge in [0.25, 0.3) is 5.91 Å². The monoisotopic (exact) mass is 282 g/mol. The summed E-state index contributed by atoms with van der Waals surface area (Å²) < 4.78 is 13.7. The Morgan fingerprint density at radius 2 is 1.76 bits per heavy atom. The summed E-state index contributed by atoms with van der Waals surface area (Å²) in [6, 6.07) is 12.1. The molecular weight excluding hydrogens is 267 g/mol. The molecule has 3 rings (SSSR count). The van der Waals surface area contributed by atoms with E-state index in [-0.39, 0.29) is 11.7 Å². The Labute approximate surface area is 121 Å². The van der Waals surface area contributed by atoms with Crippen LogP contribution in [0.3, 0.4) is 0 Å². The molecule has 4 heteroatoms. The zero-order chi connectivity index (χ0) is 15.0. The zero-order valence-electron chi connectivity index (χ0n) is 11.8. The quantitative estimate of drug-likeness (QED) is 0.727. The number of hydrogen-bond donors (Lipinski definition) is 2. The first-order chi connectivity index (χ1) is 10.1. The summed E-state index contributed by atoms with van der Waals surface area (Å²) in [5.74, 6) is -0.613. The predicted molar refractivity (Wildman–Crippen MR) is 82.1 cm³/mol. The first-order valence-corrected chi connectivity index (χ1v) is 6.71. The van der Waals surface area contributed by atoms with Gasteiger partial charge in [-0.1, -0.05) is 24.3 Å². The highest BCUT2D eigenvalue weighted by atomic mass is 19.1. The van der Waals surface area contributed by atoms with Crippen LogP contribution in [0.2, 0.25) is 0 Å². The summed E-state index contributed by atoms with van der Waals surface area (Å²) in [4.78, 5) is 15.3. The van der Waals surface area contributed by atoms with Crippen LogP contribution in [-0.4, -0.2) is 10.9 Å². The number of benzene rings is 2. The molecular formula is C17H15FN2O. The lowest BCUT2D eigenvalue weighted by molar-refractivity contribution is 0.102. The second-order valence-electron chi connectivity index (χ2n) is 5.11. The number of carbonyl (C=O) groups excluding carboxylic acids is 1. The number of rotatable bonds is 2. The molecule has 0 radical (unpaired) electrons. The number of halogens is 1. The Hall–Kier alpha value is -2.62. The Kier molecular flexibility index (Phi) is 3.22. The number of aromatic amines is 1. The van der Waals surface area contributed by atoms with Crippen molar-refractivity contribution in [3.05, 3.63) is 65.1 Å². The van der Waals surface area contributed by atoms with E-state index >= 15 is 0 Å². The van der Waals surface area contributed by atoms with E-state index in [1.807, 2.05) is 32.0 Å². The molecule has 3 nitrogen and oxygen atoms in total. The fraction of sp³-hybridized carbons (Fsp3) is 0.118. The van der Waals surface area contributed by atoms with Crippen molar-refractivity contribution in [1.29, 1.82) is 0 Å². The van der Waals surface area contributed by atoms with Gasteiger partial charge in [0.2, 0.25) is 0 Å². The van der Waals surface area contributed by atoms with Crippen molar-refractivity contribution in [2.45, 2.75) is 13.8 Å². The van der Waals surface area contributed by atoms with Gasteiger partial charge in [0, 0.05) is 16.6 Å². The van der Waals surface area contributed by atoms with Gasteiger partial charge in [-0.25, -0.2) is 4.39 Å². The number of aromatic nitrogens is 1. The largest absolute Gasteiger partial charge is 0.350 e. The van der Waals surface area contributed by atoms with Crippen LogP contribution in [0.25, 0.3) is 10.9 Å². The van der Waals surface area contributed by atoms with Crippen molar-refractivity contribution in [2.75, 3.05) is 5.32 Å². The smallest absolute Gasteiger partial charge is 0.272 e. The van der Waals surface area contributed by atoms with E-state index in [1.54, 1.807) is 12.1 Å². The first kappa shape index (κ1) is 13.4. The van der Waals surface area contributed by atoms with E-state index in [4.69, 9.17) is 0 Å². The van der Waals surface area contributed by atoms with Gasteiger partial charge >= 0.3 is 0 Å². The van der Waals surface area contributed by atoms with E-state index in [9.17, 15) is 9.18 Å². The van der Waals surface area contributed by atoms with Crippen molar-refractivity contribution in [3.8, 4) is 0 Å². The molecule has 0 saturated carbocycles. The van der Waals surface area contributed by atoms with Gasteiger partial charge in [-0.3, -0.25) is 4.79 Å². The second-order valence-corrected chi connectivity index (χ2v) is 5.11. The summed E-state index contributed by atoms with van der Waals surface area (Å²) >= 11 is 0. The van der Waals surface area contributed by atoms with Crippen LogP contribution in [0.5, 0.6) is 0 Å². The molecule has 0 unspecified atom stereocenters. The van der Waals surface area contributed by atoms with Gasteiger partial charge in [0.15, 0.2) is 0 Å². The highest BCUT2D eigenvalue weighted by Crippen LogP contribution is 2.22. The lowest BCUT2D eigenvalue weighted by Crippen LogP contribution is -2.14. The normalized spacial score (nSPS) is 10.8. The first-order valence-electron chi connectivity index (χ1n) is 6.71. The van der Waals surface area contributed by atoms with E-state index < -0.39 is 0 Å². The van der Waals surface area contributed by atoms with Gasteiger partial charge in [0.1, 0.15) is 11.5 Å². The Morgan fingerprint density at radius 1 is 1.10 bits per heavy atom. The van der Waals surface area contributed by atoms with Crippen LogP contribution in [0.15, 0.2) is 42.5 Å². The van der Waals surface area contributed by atoms with Crippen molar-refractivity contribution < 1.29 is 9.18 Å². The second kappa shape index (κ2) is 5.05. The van der Waals surface area contributed by atoms with E-state index in [2.05, 4.69) is 10.3 Å². The predicted octanol–water partition coefficient (Wildman–Crippen LogP) is 4.18. The van der Waals surface area contributed by atoms with Crippen LogP contribution in [0, 0.1) is 19.7 Å². The summed E-state index contributed by atoms with van der Waals surface area (Å²) in [5, 5.41) is 3.30. The summed E-state index contributed by atoms with van der Waals surface area (Å²) in [6.07, 6.45) is 0. The van der Waals surface area contributed by atoms with Crippen LogP contribution in [0.1, 0.15) is 21.6 Å².